The second kappa shape index (κ2) is 8.96. The lowest BCUT2D eigenvalue weighted by molar-refractivity contribution is -0.785. The minimum absolute atomic E-state index is 0.400. The smallest absolute Gasteiger partial charge is 0.278 e. The lowest BCUT2D eigenvalue weighted by atomic mass is 10.1. The van der Waals surface area contributed by atoms with E-state index in [-0.39, 0.29) is 0 Å². The van der Waals surface area contributed by atoms with E-state index in [1.165, 1.54) is 39.2 Å². The Labute approximate surface area is 163 Å². The molecule has 0 saturated heterocycles. The van der Waals surface area contributed by atoms with Crippen molar-refractivity contribution >= 4 is 33.8 Å². The third kappa shape index (κ3) is 4.63. The molecule has 3 rings (SSSR count). The number of nitrogens with zero attached hydrogens (tertiary/aromatic N) is 2. The minimum atomic E-state index is -1.54. The van der Waals surface area contributed by atoms with Gasteiger partial charge in [0.05, 0.1) is 41.6 Å². The number of carboxylic acids is 1. The van der Waals surface area contributed by atoms with Gasteiger partial charge in [-0.15, -0.1) is 0 Å². The van der Waals surface area contributed by atoms with Crippen LogP contribution in [-0.4, -0.2) is 39.1 Å². The standard InChI is InChI=1S/C14H18N2.C7H5NO4/c1-15(2)12-9-5-7-11-8-6-10-13(14(11)12)16(3)4;9-7(10)5-3-1-2-4-6(5)8(11)12/h5-10H,1-4H3;1-4H,(H,9,10). The van der Waals surface area contributed by atoms with Gasteiger partial charge in [-0.25, -0.2) is 0 Å². The molecule has 7 nitrogen and oxygen atoms in total. The summed E-state index contributed by atoms with van der Waals surface area (Å²) < 4.78 is 0. The second-order valence-electron chi connectivity index (χ2n) is 6.64. The molecular weight excluding hydrogens is 358 g/mol. The van der Waals surface area contributed by atoms with E-state index in [2.05, 4.69) is 69.5 Å². The van der Waals surface area contributed by atoms with Crippen molar-refractivity contribution in [1.29, 1.82) is 0 Å². The number of nitro benzene ring substituents is 1. The first kappa shape index (κ1) is 20.9. The van der Waals surface area contributed by atoms with Crippen LogP contribution in [0.3, 0.4) is 0 Å². The monoisotopic (exact) mass is 381 g/mol. The molecule has 0 bridgehead atoms. The number of fused-ring (bicyclic) bond motifs is 1. The fraction of sp³-hybridized carbons (Fsp3) is 0.190. The molecule has 0 spiro atoms. The Morgan fingerprint density at radius 2 is 1.57 bits per heavy atom. The number of hydrogen-bond donors (Lipinski definition) is 1. The van der Waals surface area contributed by atoms with Gasteiger partial charge in [-0.3, -0.25) is 10.1 Å². The maximum absolute atomic E-state index is 10.3. The highest BCUT2D eigenvalue weighted by molar-refractivity contribution is 6.00. The van der Waals surface area contributed by atoms with E-state index in [1.807, 2.05) is 0 Å². The summed E-state index contributed by atoms with van der Waals surface area (Å²) in [5, 5.41) is 23.2. The Hall–Kier alpha value is -3.45. The van der Waals surface area contributed by atoms with Crippen molar-refractivity contribution in [3.8, 4) is 0 Å². The van der Waals surface area contributed by atoms with Gasteiger partial charge in [-0.05, 0) is 23.6 Å². The zero-order valence-corrected chi connectivity index (χ0v) is 16.3. The van der Waals surface area contributed by atoms with E-state index < -0.39 is 22.1 Å². The maximum atomic E-state index is 10.3. The first-order chi connectivity index (χ1) is 13.2. The number of nitrogens with one attached hydrogen (secondary N) is 1. The lowest BCUT2D eigenvalue weighted by Gasteiger charge is -2.18. The molecule has 0 aromatic heterocycles. The largest absolute Gasteiger partial charge is 0.545 e. The number of quaternary nitrogens is 1. The number of hydrogen-bond acceptors (Lipinski definition) is 5. The van der Waals surface area contributed by atoms with Crippen LogP contribution in [0.5, 0.6) is 0 Å². The van der Waals surface area contributed by atoms with Gasteiger partial charge in [-0.2, -0.15) is 0 Å². The topological polar surface area (TPSA) is 91.0 Å². The molecule has 1 N–H and O–H groups in total. The lowest BCUT2D eigenvalue weighted by Crippen LogP contribution is -3.00. The molecule has 0 aliphatic carbocycles. The van der Waals surface area contributed by atoms with Gasteiger partial charge in [0.15, 0.2) is 0 Å². The summed E-state index contributed by atoms with van der Waals surface area (Å²) in [7, 11) is 8.52. The van der Waals surface area contributed by atoms with Crippen LogP contribution in [0.2, 0.25) is 0 Å². The van der Waals surface area contributed by atoms with Gasteiger partial charge in [0.25, 0.3) is 5.69 Å². The van der Waals surface area contributed by atoms with Gasteiger partial charge in [0.2, 0.25) is 0 Å². The SMILES string of the molecule is CN(C)c1cccc2cccc([NH+](C)C)c12.O=C([O-])c1ccccc1[N+](=O)[O-]. The number of nitro groups is 1. The summed E-state index contributed by atoms with van der Waals surface area (Å²) >= 11 is 0. The summed E-state index contributed by atoms with van der Waals surface area (Å²) in [6, 6.07) is 18.0. The minimum Gasteiger partial charge on any atom is -0.545 e. The number of rotatable bonds is 4. The average Bonchev–Trinajstić information content (AvgIpc) is 2.67. The van der Waals surface area contributed by atoms with E-state index in [4.69, 9.17) is 0 Å². The Balaban J connectivity index is 0.000000209. The molecule has 7 heteroatoms. The number of carbonyl (C=O) groups excluding carboxylic acids is 1. The van der Waals surface area contributed by atoms with Gasteiger partial charge in [0, 0.05) is 20.2 Å². The zero-order valence-electron chi connectivity index (χ0n) is 16.3. The second-order valence-corrected chi connectivity index (χ2v) is 6.64. The van der Waals surface area contributed by atoms with Crippen LogP contribution in [0.1, 0.15) is 10.4 Å². The van der Waals surface area contributed by atoms with Crippen molar-refractivity contribution in [3.63, 3.8) is 0 Å². The highest BCUT2D eigenvalue weighted by atomic mass is 16.6. The molecule has 0 fully saturated rings. The highest BCUT2D eigenvalue weighted by Crippen LogP contribution is 2.29. The van der Waals surface area contributed by atoms with Crippen molar-refractivity contribution in [2.24, 2.45) is 0 Å². The predicted octanol–water partition coefficient (Wildman–Crippen LogP) is 1.64. The molecule has 0 aliphatic rings. The van der Waals surface area contributed by atoms with Gasteiger partial charge in [-0.1, -0.05) is 36.4 Å². The van der Waals surface area contributed by atoms with Crippen molar-refractivity contribution < 1.29 is 19.7 Å². The summed E-state index contributed by atoms with van der Waals surface area (Å²) in [5.41, 5.74) is 1.79. The molecule has 146 valence electrons. The number of carboxylic acid groups (broad SMARTS) is 1. The van der Waals surface area contributed by atoms with Crippen LogP contribution in [0.25, 0.3) is 10.8 Å². The number of para-hydroxylation sites is 1. The normalized spacial score (nSPS) is 10.3. The van der Waals surface area contributed by atoms with Crippen molar-refractivity contribution in [1.82, 2.24) is 0 Å². The van der Waals surface area contributed by atoms with Crippen LogP contribution in [0.4, 0.5) is 17.1 Å². The molecule has 0 amide bonds. The number of aromatic carboxylic acids is 1. The Morgan fingerprint density at radius 1 is 0.964 bits per heavy atom. The molecule has 0 aliphatic heterocycles. The quantitative estimate of drug-likeness (QED) is 0.548. The van der Waals surface area contributed by atoms with Crippen LogP contribution < -0.4 is 14.9 Å². The highest BCUT2D eigenvalue weighted by Gasteiger charge is 2.12. The van der Waals surface area contributed by atoms with Crippen LogP contribution in [0, 0.1) is 10.1 Å². The maximum Gasteiger partial charge on any atom is 0.278 e. The van der Waals surface area contributed by atoms with E-state index in [0.29, 0.717) is 0 Å². The fourth-order valence-electron chi connectivity index (χ4n) is 2.92. The Morgan fingerprint density at radius 3 is 2.07 bits per heavy atom. The molecule has 0 radical (unpaired) electrons. The Kier molecular flexibility index (Phi) is 6.68. The molecule has 3 aromatic rings. The van der Waals surface area contributed by atoms with Gasteiger partial charge < -0.3 is 19.7 Å². The first-order valence-electron chi connectivity index (χ1n) is 8.68. The van der Waals surface area contributed by atoms with E-state index in [0.717, 1.165) is 12.1 Å². The summed E-state index contributed by atoms with van der Waals surface area (Å²) in [4.78, 5) is 23.3. The fourth-order valence-corrected chi connectivity index (χ4v) is 2.92. The van der Waals surface area contributed by atoms with Crippen LogP contribution >= 0.6 is 0 Å². The summed E-state index contributed by atoms with van der Waals surface area (Å²) in [6.45, 7) is 0. The summed E-state index contributed by atoms with van der Waals surface area (Å²) in [6.07, 6.45) is 0. The molecule has 0 unspecified atom stereocenters. The van der Waals surface area contributed by atoms with Crippen molar-refractivity contribution in [2.45, 2.75) is 0 Å². The third-order valence-electron chi connectivity index (χ3n) is 4.22. The zero-order chi connectivity index (χ0) is 20.8. The molecule has 0 heterocycles. The molecule has 0 saturated carbocycles. The molecule has 3 aromatic carbocycles. The van der Waals surface area contributed by atoms with Crippen LogP contribution in [-0.2, 0) is 0 Å². The third-order valence-corrected chi connectivity index (χ3v) is 4.22. The van der Waals surface area contributed by atoms with Crippen molar-refractivity contribution in [2.75, 3.05) is 33.1 Å². The van der Waals surface area contributed by atoms with Crippen molar-refractivity contribution in [3.05, 3.63) is 76.3 Å². The van der Waals surface area contributed by atoms with Gasteiger partial charge in [0.1, 0.15) is 5.69 Å². The van der Waals surface area contributed by atoms with E-state index in [1.54, 1.807) is 0 Å². The molecule has 0 atom stereocenters. The first-order valence-corrected chi connectivity index (χ1v) is 8.68. The predicted molar refractivity (Wildman–Crippen MR) is 108 cm³/mol. The average molecular weight is 381 g/mol. The van der Waals surface area contributed by atoms with Crippen LogP contribution in [0.15, 0.2) is 60.7 Å². The molecule has 28 heavy (non-hydrogen) atoms. The number of carbonyl (C=O) groups is 1. The molecular formula is C21H23N3O4. The Bertz CT molecular complexity index is 924. The summed E-state index contributed by atoms with van der Waals surface area (Å²) in [5.74, 6) is -1.54. The van der Waals surface area contributed by atoms with E-state index in [9.17, 15) is 20.0 Å². The van der Waals surface area contributed by atoms with E-state index >= 15 is 0 Å². The number of benzene rings is 3. The van der Waals surface area contributed by atoms with Gasteiger partial charge >= 0.3 is 0 Å². The number of anilines is 1.